The van der Waals surface area contributed by atoms with Gasteiger partial charge in [0.1, 0.15) is 5.75 Å². The minimum Gasteiger partial charge on any atom is -0.435 e. The van der Waals surface area contributed by atoms with Crippen LogP contribution in [-0.2, 0) is 0 Å². The molecule has 158 valence electrons. The topological polar surface area (TPSA) is 69.1 Å². The summed E-state index contributed by atoms with van der Waals surface area (Å²) in [5, 5.41) is 16.8. The van der Waals surface area contributed by atoms with E-state index in [4.69, 9.17) is 0 Å². The number of aliphatic hydroxyl groups excluding tert-OH is 1. The normalized spacial score (nSPS) is 19.5. The zero-order chi connectivity index (χ0) is 20.4. The van der Waals surface area contributed by atoms with Crippen LogP contribution in [0.5, 0.6) is 5.75 Å². The molecule has 0 aromatic heterocycles. The molecule has 0 bridgehead atoms. The van der Waals surface area contributed by atoms with Gasteiger partial charge in [-0.25, -0.2) is 0 Å². The van der Waals surface area contributed by atoms with E-state index in [1.54, 1.807) is 12.1 Å². The summed E-state index contributed by atoms with van der Waals surface area (Å²) in [4.78, 5) is 6.92. The second-order valence-electron chi connectivity index (χ2n) is 6.99. The Balaban J connectivity index is 1.83. The Labute approximate surface area is 166 Å². The standard InChI is InChI=1S/C20H32F2N4O2/c1-3-23-20(24-11-13-26-12-5-4-6-15(26)2)25-14-18(27)16-7-9-17(10-8-16)28-19(21)22/h7-10,15,18-19,27H,3-6,11-14H2,1-2H3,(H2,23,24,25). The fourth-order valence-electron chi connectivity index (χ4n) is 3.30. The third-order valence-electron chi connectivity index (χ3n) is 4.89. The Bertz CT molecular complexity index is 598. The van der Waals surface area contributed by atoms with E-state index in [1.165, 1.54) is 31.4 Å². The van der Waals surface area contributed by atoms with E-state index in [-0.39, 0.29) is 12.3 Å². The molecule has 8 heteroatoms. The van der Waals surface area contributed by atoms with Crippen LogP contribution in [0.4, 0.5) is 8.78 Å². The van der Waals surface area contributed by atoms with Gasteiger partial charge in [-0.3, -0.25) is 9.89 Å². The van der Waals surface area contributed by atoms with Gasteiger partial charge in [0.15, 0.2) is 5.96 Å². The van der Waals surface area contributed by atoms with Crippen LogP contribution in [0.3, 0.4) is 0 Å². The van der Waals surface area contributed by atoms with Gasteiger partial charge >= 0.3 is 6.61 Å². The molecule has 1 aromatic carbocycles. The van der Waals surface area contributed by atoms with E-state index in [0.717, 1.165) is 26.2 Å². The van der Waals surface area contributed by atoms with Crippen molar-refractivity contribution in [1.29, 1.82) is 0 Å². The predicted octanol–water partition coefficient (Wildman–Crippen LogP) is 2.75. The number of nitrogens with zero attached hydrogens (tertiary/aromatic N) is 2. The number of rotatable bonds is 9. The van der Waals surface area contributed by atoms with Crippen molar-refractivity contribution in [1.82, 2.24) is 15.5 Å². The molecule has 6 nitrogen and oxygen atoms in total. The van der Waals surface area contributed by atoms with E-state index < -0.39 is 12.7 Å². The Kier molecular flexibility index (Phi) is 9.43. The summed E-state index contributed by atoms with van der Waals surface area (Å²) in [5.74, 6) is 0.722. The Morgan fingerprint density at radius 1 is 1.29 bits per heavy atom. The molecule has 3 N–H and O–H groups in total. The second kappa shape index (κ2) is 11.8. The van der Waals surface area contributed by atoms with Gasteiger partial charge < -0.3 is 20.5 Å². The van der Waals surface area contributed by atoms with Crippen LogP contribution < -0.4 is 15.4 Å². The molecule has 2 rings (SSSR count). The highest BCUT2D eigenvalue weighted by molar-refractivity contribution is 5.79. The summed E-state index contributed by atoms with van der Waals surface area (Å²) < 4.78 is 28.7. The van der Waals surface area contributed by atoms with Gasteiger partial charge in [-0.2, -0.15) is 8.78 Å². The van der Waals surface area contributed by atoms with Crippen LogP contribution in [0.15, 0.2) is 29.3 Å². The number of piperidine rings is 1. The van der Waals surface area contributed by atoms with Gasteiger partial charge in [0.25, 0.3) is 0 Å². The molecule has 0 radical (unpaired) electrons. The maximum Gasteiger partial charge on any atom is 0.387 e. The predicted molar refractivity (Wildman–Crippen MR) is 107 cm³/mol. The van der Waals surface area contributed by atoms with E-state index in [9.17, 15) is 13.9 Å². The number of hydrogen-bond acceptors (Lipinski definition) is 4. The number of ether oxygens (including phenoxy) is 1. The van der Waals surface area contributed by atoms with Crippen molar-refractivity contribution in [3.05, 3.63) is 29.8 Å². The zero-order valence-electron chi connectivity index (χ0n) is 16.7. The van der Waals surface area contributed by atoms with Gasteiger partial charge in [-0.15, -0.1) is 0 Å². The fourth-order valence-corrected chi connectivity index (χ4v) is 3.30. The summed E-state index contributed by atoms with van der Waals surface area (Å²) in [7, 11) is 0. The number of guanidine groups is 1. The maximum atomic E-state index is 12.2. The summed E-state index contributed by atoms with van der Waals surface area (Å²) in [6, 6.07) is 6.58. The lowest BCUT2D eigenvalue weighted by atomic mass is 10.0. The number of alkyl halides is 2. The lowest BCUT2D eigenvalue weighted by Gasteiger charge is -2.33. The number of benzene rings is 1. The average molecular weight is 398 g/mol. The molecule has 0 amide bonds. The largest absolute Gasteiger partial charge is 0.435 e. The van der Waals surface area contributed by atoms with Gasteiger partial charge in [-0.1, -0.05) is 18.6 Å². The van der Waals surface area contributed by atoms with Crippen LogP contribution in [0.25, 0.3) is 0 Å². The molecule has 28 heavy (non-hydrogen) atoms. The highest BCUT2D eigenvalue weighted by Crippen LogP contribution is 2.19. The number of likely N-dealkylation sites (tertiary alicyclic amines) is 1. The molecule has 1 saturated heterocycles. The quantitative estimate of drug-likeness (QED) is 0.441. The molecule has 1 aliphatic rings. The summed E-state index contributed by atoms with van der Waals surface area (Å²) in [6.45, 7) is 5.18. The van der Waals surface area contributed by atoms with E-state index >= 15 is 0 Å². The second-order valence-corrected chi connectivity index (χ2v) is 6.99. The third kappa shape index (κ3) is 7.59. The first kappa shape index (κ1) is 22.4. The van der Waals surface area contributed by atoms with Crippen molar-refractivity contribution in [3.63, 3.8) is 0 Å². The monoisotopic (exact) mass is 398 g/mol. The van der Waals surface area contributed by atoms with Crippen LogP contribution in [0.1, 0.15) is 44.8 Å². The first-order valence-electron chi connectivity index (χ1n) is 9.98. The summed E-state index contributed by atoms with van der Waals surface area (Å²) >= 11 is 0. The Morgan fingerprint density at radius 2 is 2.04 bits per heavy atom. The molecule has 1 heterocycles. The molecule has 2 atom stereocenters. The Morgan fingerprint density at radius 3 is 2.68 bits per heavy atom. The zero-order valence-corrected chi connectivity index (χ0v) is 16.7. The number of aliphatic hydroxyl groups is 1. The van der Waals surface area contributed by atoms with E-state index in [1.807, 2.05) is 6.92 Å². The molecule has 0 saturated carbocycles. The van der Waals surface area contributed by atoms with Crippen LogP contribution in [0, 0.1) is 0 Å². The van der Waals surface area contributed by atoms with Crippen molar-refractivity contribution in [2.45, 2.75) is 51.9 Å². The van der Waals surface area contributed by atoms with Crippen LogP contribution in [0.2, 0.25) is 0 Å². The molecule has 1 fully saturated rings. The molecule has 1 aromatic rings. The van der Waals surface area contributed by atoms with Crippen molar-refractivity contribution in [3.8, 4) is 5.75 Å². The van der Waals surface area contributed by atoms with Gasteiger partial charge in [0, 0.05) is 25.7 Å². The number of halogens is 2. The number of hydrogen-bond donors (Lipinski definition) is 3. The SMILES string of the molecule is CCNC(=NCC(O)c1ccc(OC(F)F)cc1)NCCN1CCCCC1C. The first-order valence-corrected chi connectivity index (χ1v) is 9.98. The molecular weight excluding hydrogens is 366 g/mol. The fraction of sp³-hybridized carbons (Fsp3) is 0.650. The highest BCUT2D eigenvalue weighted by atomic mass is 19.3. The highest BCUT2D eigenvalue weighted by Gasteiger charge is 2.17. The number of aliphatic imine (C=N–C) groups is 1. The Hall–Kier alpha value is -1.93. The number of nitrogens with one attached hydrogen (secondary N) is 2. The first-order chi connectivity index (χ1) is 13.5. The van der Waals surface area contributed by atoms with Crippen molar-refractivity contribution >= 4 is 5.96 Å². The van der Waals surface area contributed by atoms with Crippen molar-refractivity contribution < 1.29 is 18.6 Å². The molecule has 1 aliphatic heterocycles. The minimum atomic E-state index is -2.86. The molecule has 0 aliphatic carbocycles. The minimum absolute atomic E-state index is 0.0661. The average Bonchev–Trinajstić information content (AvgIpc) is 2.67. The smallest absolute Gasteiger partial charge is 0.387 e. The van der Waals surface area contributed by atoms with Gasteiger partial charge in [-0.05, 0) is 50.9 Å². The van der Waals surface area contributed by atoms with E-state index in [0.29, 0.717) is 17.6 Å². The van der Waals surface area contributed by atoms with E-state index in [2.05, 4.69) is 32.2 Å². The van der Waals surface area contributed by atoms with Crippen LogP contribution in [-0.4, -0.2) is 61.3 Å². The third-order valence-corrected chi connectivity index (χ3v) is 4.89. The van der Waals surface area contributed by atoms with Crippen LogP contribution >= 0.6 is 0 Å². The lowest BCUT2D eigenvalue weighted by molar-refractivity contribution is -0.0498. The van der Waals surface area contributed by atoms with Gasteiger partial charge in [0.05, 0.1) is 12.6 Å². The van der Waals surface area contributed by atoms with Crippen molar-refractivity contribution in [2.24, 2.45) is 4.99 Å². The maximum absolute atomic E-state index is 12.2. The lowest BCUT2D eigenvalue weighted by Crippen LogP contribution is -2.45. The molecule has 2 unspecified atom stereocenters. The molecular formula is C20H32F2N4O2. The summed E-state index contributed by atoms with van der Waals surface area (Å²) in [5.41, 5.74) is 0.600. The summed E-state index contributed by atoms with van der Waals surface area (Å²) in [6.07, 6.45) is 2.99. The van der Waals surface area contributed by atoms with Gasteiger partial charge in [0.2, 0.25) is 0 Å². The molecule has 0 spiro atoms. The van der Waals surface area contributed by atoms with Crippen molar-refractivity contribution in [2.75, 3.05) is 32.7 Å².